The van der Waals surface area contributed by atoms with Gasteiger partial charge in [0.2, 0.25) is 0 Å². The molecule has 0 atom stereocenters. The highest BCUT2D eigenvalue weighted by atomic mass is 35.5. The van der Waals surface area contributed by atoms with Crippen molar-refractivity contribution in [3.05, 3.63) is 57.2 Å². The number of nitro groups is 1. The van der Waals surface area contributed by atoms with Crippen LogP contribution in [0.15, 0.2) is 36.5 Å². The molecule has 1 aromatic heterocycles. The predicted octanol–water partition coefficient (Wildman–Crippen LogP) is 3.15. The van der Waals surface area contributed by atoms with E-state index in [-0.39, 0.29) is 23.0 Å². The van der Waals surface area contributed by atoms with Crippen LogP contribution in [0.25, 0.3) is 0 Å². The number of ether oxygens (including phenoxy) is 2. The molecule has 0 unspecified atom stereocenters. The molecule has 0 N–H and O–H groups in total. The first-order valence-electron chi connectivity index (χ1n) is 6.13. The number of carbonyl (C=O) groups is 1. The molecule has 22 heavy (non-hydrogen) atoms. The number of rotatable bonds is 5. The van der Waals surface area contributed by atoms with Gasteiger partial charge in [-0.3, -0.25) is 14.9 Å². The van der Waals surface area contributed by atoms with Gasteiger partial charge in [-0.25, -0.2) is 4.98 Å². The van der Waals surface area contributed by atoms with Crippen LogP contribution in [0.4, 0.5) is 5.69 Å². The third-order valence-corrected chi connectivity index (χ3v) is 2.89. The smallest absolute Gasteiger partial charge is 0.332 e. The summed E-state index contributed by atoms with van der Waals surface area (Å²) in [7, 11) is 1.30. The summed E-state index contributed by atoms with van der Waals surface area (Å²) in [5.41, 5.74) is 0.312. The van der Waals surface area contributed by atoms with Crippen molar-refractivity contribution in [1.29, 1.82) is 0 Å². The fourth-order valence-electron chi connectivity index (χ4n) is 1.69. The van der Waals surface area contributed by atoms with Gasteiger partial charge >= 0.3 is 11.7 Å². The zero-order valence-corrected chi connectivity index (χ0v) is 12.2. The van der Waals surface area contributed by atoms with Crippen molar-refractivity contribution in [2.24, 2.45) is 0 Å². The molecule has 114 valence electrons. The molecule has 0 aliphatic rings. The van der Waals surface area contributed by atoms with E-state index in [9.17, 15) is 14.9 Å². The van der Waals surface area contributed by atoms with Crippen molar-refractivity contribution < 1.29 is 19.2 Å². The third kappa shape index (κ3) is 3.92. The van der Waals surface area contributed by atoms with Gasteiger partial charge in [-0.1, -0.05) is 23.7 Å². The fraction of sp³-hybridized carbons (Fsp3) is 0.143. The average Bonchev–Trinajstić information content (AvgIpc) is 2.49. The molecular formula is C14H11ClN2O5. The van der Waals surface area contributed by atoms with E-state index in [1.165, 1.54) is 13.3 Å². The molecule has 1 aromatic carbocycles. The Balaban J connectivity index is 2.26. The minimum absolute atomic E-state index is 0.0733. The Bertz CT molecular complexity index is 720. The second-order valence-corrected chi connectivity index (χ2v) is 4.67. The maximum atomic E-state index is 11.3. The summed E-state index contributed by atoms with van der Waals surface area (Å²) in [6.45, 7) is 0. The van der Waals surface area contributed by atoms with Crippen LogP contribution in [0.2, 0.25) is 5.02 Å². The first-order valence-corrected chi connectivity index (χ1v) is 6.51. The Morgan fingerprint density at radius 1 is 1.41 bits per heavy atom. The zero-order valence-electron chi connectivity index (χ0n) is 11.5. The van der Waals surface area contributed by atoms with E-state index in [4.69, 9.17) is 16.3 Å². The molecule has 1 heterocycles. The molecule has 8 heteroatoms. The third-order valence-electron chi connectivity index (χ3n) is 2.68. The Morgan fingerprint density at radius 2 is 2.18 bits per heavy atom. The minimum atomic E-state index is -0.632. The standard InChI is InChI=1S/C14H11ClN2O5/c1-21-13(18)6-9-3-2-4-11(5-9)22-14-12(17(19)20)7-10(15)8-16-14/h2-5,7-8H,6H2,1H3. The quantitative estimate of drug-likeness (QED) is 0.477. The van der Waals surface area contributed by atoms with Crippen LogP contribution in [0.3, 0.4) is 0 Å². The van der Waals surface area contributed by atoms with Crippen LogP contribution in [0, 0.1) is 10.1 Å². The topological polar surface area (TPSA) is 91.6 Å². The first-order chi connectivity index (χ1) is 10.5. The summed E-state index contributed by atoms with van der Waals surface area (Å²) >= 11 is 5.69. The summed E-state index contributed by atoms with van der Waals surface area (Å²) in [4.78, 5) is 25.4. The Kier molecular flexibility index (Phi) is 4.90. The Hall–Kier alpha value is -2.67. The molecule has 2 aromatic rings. The average molecular weight is 323 g/mol. The minimum Gasteiger partial charge on any atom is -0.469 e. The summed E-state index contributed by atoms with van der Waals surface area (Å²) in [6.07, 6.45) is 1.33. The Labute approximate surface area is 130 Å². The maximum Gasteiger partial charge on any atom is 0.332 e. The van der Waals surface area contributed by atoms with E-state index in [0.717, 1.165) is 6.07 Å². The van der Waals surface area contributed by atoms with Gasteiger partial charge in [0.1, 0.15) is 5.75 Å². The highest BCUT2D eigenvalue weighted by molar-refractivity contribution is 6.30. The van der Waals surface area contributed by atoms with Gasteiger partial charge in [0.25, 0.3) is 5.88 Å². The predicted molar refractivity (Wildman–Crippen MR) is 78.1 cm³/mol. The number of benzene rings is 1. The summed E-state index contributed by atoms with van der Waals surface area (Å²) in [5, 5.41) is 11.1. The van der Waals surface area contributed by atoms with Crippen LogP contribution >= 0.6 is 11.6 Å². The van der Waals surface area contributed by atoms with Gasteiger partial charge in [-0.05, 0) is 17.7 Å². The van der Waals surface area contributed by atoms with Crippen LogP contribution in [0.1, 0.15) is 5.56 Å². The lowest BCUT2D eigenvalue weighted by Gasteiger charge is -2.07. The van der Waals surface area contributed by atoms with Crippen LogP contribution in [-0.4, -0.2) is 23.0 Å². The molecule has 0 amide bonds. The number of hydrogen-bond donors (Lipinski definition) is 0. The largest absolute Gasteiger partial charge is 0.469 e. The van der Waals surface area contributed by atoms with Gasteiger partial charge in [-0.15, -0.1) is 0 Å². The number of aromatic nitrogens is 1. The lowest BCUT2D eigenvalue weighted by molar-refractivity contribution is -0.386. The summed E-state index contributed by atoms with van der Waals surface area (Å²) in [6, 6.07) is 7.71. The van der Waals surface area contributed by atoms with Crippen LogP contribution in [-0.2, 0) is 16.0 Å². The van der Waals surface area contributed by atoms with E-state index in [1.807, 2.05) is 0 Å². The number of nitrogens with zero attached hydrogens (tertiary/aromatic N) is 2. The number of carbonyl (C=O) groups excluding carboxylic acids is 1. The van der Waals surface area contributed by atoms with Gasteiger partial charge in [0.05, 0.1) is 29.7 Å². The monoisotopic (exact) mass is 322 g/mol. The van der Waals surface area contributed by atoms with Crippen molar-refractivity contribution >= 4 is 23.3 Å². The molecule has 2 rings (SSSR count). The number of pyridine rings is 1. The SMILES string of the molecule is COC(=O)Cc1cccc(Oc2ncc(Cl)cc2[N+](=O)[O-])c1. The lowest BCUT2D eigenvalue weighted by atomic mass is 10.1. The van der Waals surface area contributed by atoms with E-state index in [2.05, 4.69) is 9.72 Å². The highest BCUT2D eigenvalue weighted by Gasteiger charge is 2.18. The maximum absolute atomic E-state index is 11.3. The van der Waals surface area contributed by atoms with Gasteiger partial charge in [0.15, 0.2) is 0 Å². The zero-order chi connectivity index (χ0) is 16.1. The number of esters is 1. The van der Waals surface area contributed by atoms with Crippen molar-refractivity contribution in [2.45, 2.75) is 6.42 Å². The van der Waals surface area contributed by atoms with Crippen LogP contribution < -0.4 is 4.74 Å². The van der Waals surface area contributed by atoms with Crippen molar-refractivity contribution in [1.82, 2.24) is 4.98 Å². The molecule has 0 bridgehead atoms. The second-order valence-electron chi connectivity index (χ2n) is 4.24. The van der Waals surface area contributed by atoms with Gasteiger partial charge < -0.3 is 9.47 Å². The summed E-state index contributed by atoms with van der Waals surface area (Å²) < 4.78 is 10.00. The molecule has 7 nitrogen and oxygen atoms in total. The van der Waals surface area contributed by atoms with Crippen LogP contribution in [0.5, 0.6) is 11.6 Å². The van der Waals surface area contributed by atoms with Gasteiger partial charge in [-0.2, -0.15) is 0 Å². The molecule has 0 spiro atoms. The normalized spacial score (nSPS) is 10.1. The summed E-state index contributed by atoms with van der Waals surface area (Å²) in [5.74, 6) is -0.253. The first kappa shape index (κ1) is 15.7. The molecule has 0 aliphatic heterocycles. The molecule has 0 saturated heterocycles. The van der Waals surface area contributed by atoms with Crippen molar-refractivity contribution in [3.8, 4) is 11.6 Å². The van der Waals surface area contributed by atoms with E-state index >= 15 is 0 Å². The van der Waals surface area contributed by atoms with E-state index in [1.54, 1.807) is 24.3 Å². The fourth-order valence-corrected chi connectivity index (χ4v) is 1.85. The molecule has 0 saturated carbocycles. The molecule has 0 aliphatic carbocycles. The molecule has 0 fully saturated rings. The second kappa shape index (κ2) is 6.86. The van der Waals surface area contributed by atoms with Crippen molar-refractivity contribution in [2.75, 3.05) is 7.11 Å². The number of methoxy groups -OCH3 is 1. The van der Waals surface area contributed by atoms with Gasteiger partial charge in [0, 0.05) is 6.07 Å². The van der Waals surface area contributed by atoms with E-state index < -0.39 is 10.9 Å². The molecule has 0 radical (unpaired) electrons. The highest BCUT2D eigenvalue weighted by Crippen LogP contribution is 2.31. The number of halogens is 1. The lowest BCUT2D eigenvalue weighted by Crippen LogP contribution is -2.04. The van der Waals surface area contributed by atoms with E-state index in [0.29, 0.717) is 11.3 Å². The Morgan fingerprint density at radius 3 is 2.86 bits per heavy atom. The molecular weight excluding hydrogens is 312 g/mol. The number of hydrogen-bond acceptors (Lipinski definition) is 6. The van der Waals surface area contributed by atoms with Crippen molar-refractivity contribution in [3.63, 3.8) is 0 Å².